The van der Waals surface area contributed by atoms with Gasteiger partial charge in [0, 0.05) is 34.1 Å². The molecule has 100 heavy (non-hydrogen) atoms. The maximum atomic E-state index is 13.7. The van der Waals surface area contributed by atoms with Gasteiger partial charge in [0.2, 0.25) is 0 Å². The number of unbranched alkanes of at least 4 members (excludes halogenated alkanes) is 8. The Kier molecular flexibility index (Phi) is 30.7. The highest BCUT2D eigenvalue weighted by atomic mass is 16.6. The lowest BCUT2D eigenvalue weighted by atomic mass is 9.67. The number of hydrogen-bond donors (Lipinski definition) is 4. The molecule has 0 aromatic heterocycles. The van der Waals surface area contributed by atoms with Crippen molar-refractivity contribution in [3.8, 4) is 46.0 Å². The van der Waals surface area contributed by atoms with Crippen molar-refractivity contribution in [2.24, 2.45) is 47.3 Å². The molecule has 0 radical (unpaired) electrons. The molecule has 0 spiro atoms. The molecule has 0 amide bonds. The van der Waals surface area contributed by atoms with Gasteiger partial charge in [-0.1, -0.05) is 181 Å². The predicted molar refractivity (Wildman–Crippen MR) is 404 cm³/mol. The van der Waals surface area contributed by atoms with Crippen molar-refractivity contribution < 1.29 is 58.6 Å². The predicted octanol–water partition coefficient (Wildman–Crippen LogP) is 22.5. The summed E-state index contributed by atoms with van der Waals surface area (Å²) in [6.07, 6.45) is 28.9. The largest absolute Gasteiger partial charge is 0.508 e. The van der Waals surface area contributed by atoms with E-state index in [9.17, 15) is 39.6 Å². The Morgan fingerprint density at radius 1 is 0.420 bits per heavy atom. The summed E-state index contributed by atoms with van der Waals surface area (Å²) in [5.41, 5.74) is 10.0. The van der Waals surface area contributed by atoms with Gasteiger partial charge in [0.05, 0.1) is 0 Å². The van der Waals surface area contributed by atoms with Crippen molar-refractivity contribution in [1.82, 2.24) is 0 Å². The third kappa shape index (κ3) is 21.5. The van der Waals surface area contributed by atoms with Crippen LogP contribution in [0, 0.1) is 47.3 Å². The molecule has 12 nitrogen and oxygen atoms in total. The minimum absolute atomic E-state index is 0.00832. The topological polar surface area (TPSA) is 186 Å². The van der Waals surface area contributed by atoms with E-state index in [1.54, 1.807) is 24.3 Å². The molecule has 2 fully saturated rings. The minimum atomic E-state index is -1.15. The van der Waals surface area contributed by atoms with E-state index in [0.717, 1.165) is 187 Å². The monoisotopic (exact) mass is 1370 g/mol. The van der Waals surface area contributed by atoms with Gasteiger partial charge in [-0.25, -0.2) is 19.2 Å². The van der Waals surface area contributed by atoms with Gasteiger partial charge >= 0.3 is 23.9 Å². The molecule has 10 atom stereocenters. The molecule has 4 aliphatic rings. The molecule has 0 saturated heterocycles. The molecule has 0 unspecified atom stereocenters. The molecule has 4 aromatic rings. The number of carbonyl (C=O) groups is 4. The summed E-state index contributed by atoms with van der Waals surface area (Å²) in [4.78, 5) is 54.9. The number of esters is 4. The molecule has 4 aliphatic carbocycles. The summed E-state index contributed by atoms with van der Waals surface area (Å²) < 4.78 is 23.8. The number of benzene rings is 4. The van der Waals surface area contributed by atoms with Crippen LogP contribution in [0.5, 0.6) is 46.0 Å². The maximum absolute atomic E-state index is 13.7. The first-order chi connectivity index (χ1) is 47.7. The number of aromatic hydroxyl groups is 4. The van der Waals surface area contributed by atoms with Crippen LogP contribution in [-0.4, -0.2) is 44.3 Å². The van der Waals surface area contributed by atoms with E-state index in [1.807, 2.05) is 38.1 Å². The fourth-order valence-corrected chi connectivity index (χ4v) is 16.8. The van der Waals surface area contributed by atoms with Crippen LogP contribution in [0.2, 0.25) is 0 Å². The number of hydrogen-bond acceptors (Lipinski definition) is 12. The second kappa shape index (κ2) is 38.3. The number of allylic oxidation sites excluding steroid dienone is 6. The maximum Gasteiger partial charge on any atom is 0.423 e. The fraction of sp³-hybridized carbons (Fsp3) is 0.591. The van der Waals surface area contributed by atoms with Crippen molar-refractivity contribution in [3.63, 3.8) is 0 Å². The van der Waals surface area contributed by atoms with Crippen LogP contribution < -0.4 is 18.9 Å². The van der Waals surface area contributed by atoms with Crippen LogP contribution in [0.15, 0.2) is 96.1 Å². The standard InChI is InChI=1S/2C44H62O6/c2*1-9-11-13-15-31-23-37(45)41(35-21-29(7)17-19-33(35)27(3)4)39(25-31)49-43(47)44(48)50-40-26-32(16-14-12-10-2)24-38(46)42(40)36-22-30(8)18-20-34(36)28(5)6/h2*21,23-26,28,30,33-36,45-46H,3,9-20,22H2,1-2,4-8H3/t30-,33+,34+,35-,36-;30-,33-,34-,35+,36+/m10/s1. The van der Waals surface area contributed by atoms with Gasteiger partial charge in [0.25, 0.3) is 0 Å². The summed E-state index contributed by atoms with van der Waals surface area (Å²) >= 11 is 0. The third-order valence-electron chi connectivity index (χ3n) is 22.4. The molecular formula is C88H124O12. The van der Waals surface area contributed by atoms with Crippen LogP contribution in [0.1, 0.15) is 306 Å². The molecule has 4 aromatic carbocycles. The van der Waals surface area contributed by atoms with Gasteiger partial charge in [-0.05, 0) is 260 Å². The summed E-state index contributed by atoms with van der Waals surface area (Å²) in [5.74, 6) is -1.54. The second-order valence-corrected chi connectivity index (χ2v) is 31.4. The highest BCUT2D eigenvalue weighted by Crippen LogP contribution is 2.54. The summed E-state index contributed by atoms with van der Waals surface area (Å²) in [7, 11) is 0. The highest BCUT2D eigenvalue weighted by Gasteiger charge is 2.40. The average Bonchev–Trinajstić information content (AvgIpc) is 0.801. The molecule has 0 bridgehead atoms. The smallest absolute Gasteiger partial charge is 0.423 e. The van der Waals surface area contributed by atoms with E-state index in [4.69, 9.17) is 18.9 Å². The van der Waals surface area contributed by atoms with Crippen molar-refractivity contribution in [1.29, 1.82) is 0 Å². The Morgan fingerprint density at radius 3 is 0.950 bits per heavy atom. The Labute approximate surface area is 600 Å². The van der Waals surface area contributed by atoms with Crippen LogP contribution >= 0.6 is 0 Å². The zero-order valence-electron chi connectivity index (χ0n) is 63.6. The number of phenolic OH excluding ortho intramolecular Hbond substituents is 4. The van der Waals surface area contributed by atoms with Crippen molar-refractivity contribution >= 4 is 23.9 Å². The first-order valence-corrected chi connectivity index (χ1v) is 38.6. The van der Waals surface area contributed by atoms with Crippen molar-refractivity contribution in [3.05, 3.63) is 141 Å². The number of rotatable bonds is 28. The summed E-state index contributed by atoms with van der Waals surface area (Å²) in [5, 5.41) is 46.0. The highest BCUT2D eigenvalue weighted by molar-refractivity contribution is 6.31. The van der Waals surface area contributed by atoms with Crippen LogP contribution in [-0.2, 0) is 44.9 Å². The van der Waals surface area contributed by atoms with E-state index < -0.39 is 23.9 Å². The quantitative estimate of drug-likeness (QED) is 0.0139. The lowest BCUT2D eigenvalue weighted by molar-refractivity contribution is -0.156. The Balaban J connectivity index is 0.000000281. The average molecular weight is 1370 g/mol. The van der Waals surface area contributed by atoms with Gasteiger partial charge in [-0.15, -0.1) is 0 Å². The second-order valence-electron chi connectivity index (χ2n) is 31.4. The SMILES string of the molecule is C=C(C)[C@@H]1CCC(C)=C[C@H]1c1c(O)cc(CCCCC)cc1OC(=O)C(=O)Oc1cc(CCCCC)cc(O)c1[C@@H]1C[C@@H](C)CC[C@H]1C(C)C.C=C(C)[C@@H]1CCC(C)=C[C@H]1c1c(O)cc(CCCCC)cc1OC(=O)C(=O)Oc1cc(CCCCC)cc(O)c1[C@@H]1C[C@H](C)CC[C@H]1C(C)C. The van der Waals surface area contributed by atoms with Crippen LogP contribution in [0.3, 0.4) is 0 Å². The zero-order chi connectivity index (χ0) is 73.1. The number of phenols is 4. The van der Waals surface area contributed by atoms with Crippen molar-refractivity contribution in [2.45, 2.75) is 288 Å². The third-order valence-corrected chi connectivity index (χ3v) is 22.4. The van der Waals surface area contributed by atoms with E-state index in [2.05, 4.69) is 108 Å². The van der Waals surface area contributed by atoms with Gasteiger partial charge in [0.1, 0.15) is 46.0 Å². The summed E-state index contributed by atoms with van der Waals surface area (Å²) in [6.45, 7) is 38.4. The van der Waals surface area contributed by atoms with Crippen LogP contribution in [0.4, 0.5) is 0 Å². The lowest BCUT2D eigenvalue weighted by Gasteiger charge is -2.38. The van der Waals surface area contributed by atoms with E-state index in [0.29, 0.717) is 70.6 Å². The Morgan fingerprint density at radius 2 is 0.690 bits per heavy atom. The number of carbonyl (C=O) groups excluding carboxylic acids is 4. The molecule has 2 saturated carbocycles. The lowest BCUT2D eigenvalue weighted by Crippen LogP contribution is -2.29. The Hall–Kier alpha value is -7.08. The molecular weight excluding hydrogens is 1250 g/mol. The first-order valence-electron chi connectivity index (χ1n) is 38.6. The van der Waals surface area contributed by atoms with Crippen LogP contribution in [0.25, 0.3) is 0 Å². The van der Waals surface area contributed by atoms with E-state index in [-0.39, 0.29) is 81.5 Å². The molecule has 4 N–H and O–H groups in total. The molecule has 0 aliphatic heterocycles. The molecule has 0 heterocycles. The fourth-order valence-electron chi connectivity index (χ4n) is 16.8. The number of aryl methyl sites for hydroxylation is 4. The van der Waals surface area contributed by atoms with Gasteiger partial charge in [-0.3, -0.25) is 0 Å². The van der Waals surface area contributed by atoms with Gasteiger partial charge < -0.3 is 39.4 Å². The van der Waals surface area contributed by atoms with E-state index >= 15 is 0 Å². The zero-order valence-corrected chi connectivity index (χ0v) is 63.6. The van der Waals surface area contributed by atoms with E-state index in [1.165, 1.54) is 11.1 Å². The minimum Gasteiger partial charge on any atom is -0.508 e. The molecule has 12 heteroatoms. The molecule has 8 rings (SSSR count). The van der Waals surface area contributed by atoms with Gasteiger partial charge in [0.15, 0.2) is 0 Å². The van der Waals surface area contributed by atoms with Gasteiger partial charge in [-0.2, -0.15) is 0 Å². The normalized spacial score (nSPS) is 22.2. The first kappa shape index (κ1) is 80.2. The molecule has 548 valence electrons. The Bertz CT molecular complexity index is 3300. The summed E-state index contributed by atoms with van der Waals surface area (Å²) in [6, 6.07) is 14.4. The van der Waals surface area contributed by atoms with Crippen molar-refractivity contribution in [2.75, 3.05) is 0 Å². The number of ether oxygens (including phenoxy) is 4.